The summed E-state index contributed by atoms with van der Waals surface area (Å²) in [7, 11) is 0. The molecule has 3 radical (unpaired) electrons. The molecular formula is C4H9BFO2. The summed E-state index contributed by atoms with van der Waals surface area (Å²) in [6, 6.07) is 0. The van der Waals surface area contributed by atoms with Crippen LogP contribution < -0.4 is 0 Å². The molecular weight excluding hydrogens is 110 g/mol. The van der Waals surface area contributed by atoms with Gasteiger partial charge in [-0.3, -0.25) is 9.50 Å². The fourth-order valence-corrected chi connectivity index (χ4v) is 0.214. The van der Waals surface area contributed by atoms with E-state index in [0.29, 0.717) is 6.42 Å². The Balaban J connectivity index is -0.000000125. The highest BCUT2D eigenvalue weighted by molar-refractivity contribution is 5.75. The number of hydrogen-bond acceptors (Lipinski definition) is 1. The number of carboxylic acids is 1. The SMILES string of the molecule is CCCC(=O)O.F.[B]. The van der Waals surface area contributed by atoms with Gasteiger partial charge in [0.15, 0.2) is 0 Å². The van der Waals surface area contributed by atoms with Crippen molar-refractivity contribution in [1.82, 2.24) is 0 Å². The normalized spacial score (nSPS) is 6.12. The van der Waals surface area contributed by atoms with Crippen LogP contribution in [0, 0.1) is 0 Å². The highest BCUT2D eigenvalue weighted by Crippen LogP contribution is 1.82. The van der Waals surface area contributed by atoms with Crippen molar-refractivity contribution < 1.29 is 14.6 Å². The van der Waals surface area contributed by atoms with Gasteiger partial charge < -0.3 is 5.11 Å². The zero-order chi connectivity index (χ0) is 4.99. The molecule has 0 saturated carbocycles. The number of aliphatic carboxylic acids is 1. The van der Waals surface area contributed by atoms with E-state index in [4.69, 9.17) is 5.11 Å². The van der Waals surface area contributed by atoms with Crippen molar-refractivity contribution in [2.24, 2.45) is 0 Å². The molecule has 0 spiro atoms. The summed E-state index contributed by atoms with van der Waals surface area (Å²) in [6.45, 7) is 1.84. The van der Waals surface area contributed by atoms with Crippen molar-refractivity contribution in [3.05, 3.63) is 0 Å². The van der Waals surface area contributed by atoms with Gasteiger partial charge in [0.25, 0.3) is 0 Å². The van der Waals surface area contributed by atoms with Gasteiger partial charge in [-0.15, -0.1) is 0 Å². The average Bonchev–Trinajstić information content (AvgIpc) is 1.35. The van der Waals surface area contributed by atoms with Crippen molar-refractivity contribution >= 4 is 14.4 Å². The molecule has 0 amide bonds. The third-order valence-electron chi connectivity index (χ3n) is 0.464. The van der Waals surface area contributed by atoms with Gasteiger partial charge in [-0.1, -0.05) is 6.92 Å². The van der Waals surface area contributed by atoms with Crippen molar-refractivity contribution in [2.45, 2.75) is 19.8 Å². The van der Waals surface area contributed by atoms with Gasteiger partial charge in [0.1, 0.15) is 0 Å². The lowest BCUT2D eigenvalue weighted by Gasteiger charge is -1.79. The number of carboxylic acid groups (broad SMARTS) is 1. The highest BCUT2D eigenvalue weighted by atomic mass is 19.0. The molecule has 47 valence electrons. The quantitative estimate of drug-likeness (QED) is 0.541. The largest absolute Gasteiger partial charge is 0.481 e. The lowest BCUT2D eigenvalue weighted by atomic mass is 10.4. The average molecular weight is 119 g/mol. The monoisotopic (exact) mass is 119 g/mol. The van der Waals surface area contributed by atoms with E-state index in [-0.39, 0.29) is 13.1 Å². The first-order chi connectivity index (χ1) is 2.77. The summed E-state index contributed by atoms with van der Waals surface area (Å²) >= 11 is 0. The number of carbonyl (C=O) groups is 1. The van der Waals surface area contributed by atoms with Gasteiger partial charge in [-0.05, 0) is 6.42 Å². The van der Waals surface area contributed by atoms with Gasteiger partial charge >= 0.3 is 5.97 Å². The number of rotatable bonds is 2. The Morgan fingerprint density at radius 2 is 2.00 bits per heavy atom. The van der Waals surface area contributed by atoms with E-state index in [1.165, 1.54) is 0 Å². The molecule has 0 bridgehead atoms. The maximum atomic E-state index is 9.60. The van der Waals surface area contributed by atoms with Crippen LogP contribution in [0.3, 0.4) is 0 Å². The Labute approximate surface area is 49.8 Å². The van der Waals surface area contributed by atoms with Crippen LogP contribution in [0.2, 0.25) is 0 Å². The van der Waals surface area contributed by atoms with Crippen molar-refractivity contribution in [3.8, 4) is 0 Å². The molecule has 8 heavy (non-hydrogen) atoms. The lowest BCUT2D eigenvalue weighted by molar-refractivity contribution is -0.137. The number of halogens is 1. The van der Waals surface area contributed by atoms with E-state index >= 15 is 0 Å². The second-order valence-electron chi connectivity index (χ2n) is 1.14. The minimum atomic E-state index is -0.711. The molecule has 1 N–H and O–H groups in total. The zero-order valence-corrected chi connectivity index (χ0v) is 4.76. The van der Waals surface area contributed by atoms with E-state index in [1.807, 2.05) is 6.92 Å². The second-order valence-corrected chi connectivity index (χ2v) is 1.14. The van der Waals surface area contributed by atoms with Crippen molar-refractivity contribution in [2.75, 3.05) is 0 Å². The zero-order valence-electron chi connectivity index (χ0n) is 4.76. The summed E-state index contributed by atoms with van der Waals surface area (Å²) in [6.07, 6.45) is 1.02. The Kier molecular flexibility index (Phi) is 18.9. The van der Waals surface area contributed by atoms with Crippen molar-refractivity contribution in [1.29, 1.82) is 0 Å². The van der Waals surface area contributed by atoms with Crippen LogP contribution in [0.4, 0.5) is 4.70 Å². The molecule has 0 atom stereocenters. The molecule has 0 aliphatic carbocycles. The highest BCUT2D eigenvalue weighted by Gasteiger charge is 1.87. The molecule has 0 fully saturated rings. The Morgan fingerprint density at radius 3 is 2.00 bits per heavy atom. The van der Waals surface area contributed by atoms with E-state index < -0.39 is 5.97 Å². The van der Waals surface area contributed by atoms with Crippen LogP contribution >= 0.6 is 0 Å². The summed E-state index contributed by atoms with van der Waals surface area (Å²) in [5.74, 6) is -0.711. The first-order valence-electron chi connectivity index (χ1n) is 1.99. The third kappa shape index (κ3) is 17.9. The molecule has 0 aromatic heterocycles. The minimum Gasteiger partial charge on any atom is -0.481 e. The first kappa shape index (κ1) is 15.7. The maximum Gasteiger partial charge on any atom is 0.303 e. The molecule has 0 unspecified atom stereocenters. The van der Waals surface area contributed by atoms with Gasteiger partial charge in [0, 0.05) is 14.8 Å². The summed E-state index contributed by atoms with van der Waals surface area (Å²) in [5.41, 5.74) is 0. The summed E-state index contributed by atoms with van der Waals surface area (Å²) < 4.78 is 0. The topological polar surface area (TPSA) is 37.3 Å². The molecule has 0 aromatic rings. The van der Waals surface area contributed by atoms with E-state index in [1.54, 1.807) is 0 Å². The standard InChI is InChI=1S/C4H8O2.B.FH/c1-2-3-4(5)6;;/h2-3H2,1H3,(H,5,6);;1H. The summed E-state index contributed by atoms with van der Waals surface area (Å²) in [5, 5.41) is 7.91. The van der Waals surface area contributed by atoms with Crippen LogP contribution in [0.25, 0.3) is 0 Å². The Hall–Kier alpha value is -0.535. The summed E-state index contributed by atoms with van der Waals surface area (Å²) in [4.78, 5) is 9.60. The third-order valence-corrected chi connectivity index (χ3v) is 0.464. The second kappa shape index (κ2) is 9.69. The van der Waals surface area contributed by atoms with Crippen LogP contribution in [0.1, 0.15) is 19.8 Å². The van der Waals surface area contributed by atoms with Crippen LogP contribution in [0.15, 0.2) is 0 Å². The van der Waals surface area contributed by atoms with Gasteiger partial charge in [0.05, 0.1) is 0 Å². The van der Waals surface area contributed by atoms with Gasteiger partial charge in [0.2, 0.25) is 0 Å². The first-order valence-corrected chi connectivity index (χ1v) is 1.99. The molecule has 2 nitrogen and oxygen atoms in total. The molecule has 0 heterocycles. The number of hydrogen-bond donors (Lipinski definition) is 1. The van der Waals surface area contributed by atoms with Crippen LogP contribution in [-0.4, -0.2) is 19.5 Å². The fraction of sp³-hybridized carbons (Fsp3) is 0.750. The van der Waals surface area contributed by atoms with Gasteiger partial charge in [-0.25, -0.2) is 0 Å². The lowest BCUT2D eigenvalue weighted by Crippen LogP contribution is -1.90. The Bertz CT molecular complexity index is 58.0. The Morgan fingerprint density at radius 1 is 1.62 bits per heavy atom. The van der Waals surface area contributed by atoms with E-state index in [0.717, 1.165) is 6.42 Å². The smallest absolute Gasteiger partial charge is 0.303 e. The molecule has 0 rings (SSSR count). The fourth-order valence-electron chi connectivity index (χ4n) is 0.214. The predicted octanol–water partition coefficient (Wildman–Crippen LogP) is 0.643. The van der Waals surface area contributed by atoms with Crippen LogP contribution in [-0.2, 0) is 4.79 Å². The van der Waals surface area contributed by atoms with Crippen LogP contribution in [0.5, 0.6) is 0 Å². The molecule has 0 aliphatic heterocycles. The van der Waals surface area contributed by atoms with E-state index in [2.05, 4.69) is 0 Å². The molecule has 0 aliphatic rings. The maximum absolute atomic E-state index is 9.60. The molecule has 0 saturated heterocycles. The van der Waals surface area contributed by atoms with E-state index in [9.17, 15) is 4.79 Å². The van der Waals surface area contributed by atoms with Crippen molar-refractivity contribution in [3.63, 3.8) is 0 Å². The molecule has 0 aromatic carbocycles. The predicted molar refractivity (Wildman–Crippen MR) is 30.8 cm³/mol. The molecule has 4 heteroatoms. The minimum absolute atomic E-state index is 0. The van der Waals surface area contributed by atoms with Gasteiger partial charge in [-0.2, -0.15) is 0 Å².